The zero-order chi connectivity index (χ0) is 11.1. The quantitative estimate of drug-likeness (QED) is 0.690. The molecule has 0 aromatic rings. The van der Waals surface area contributed by atoms with Crippen molar-refractivity contribution in [3.05, 3.63) is 0 Å². The summed E-state index contributed by atoms with van der Waals surface area (Å²) < 4.78 is 0. The Labute approximate surface area is 91.6 Å². The van der Waals surface area contributed by atoms with Gasteiger partial charge in [-0.15, -0.1) is 0 Å². The highest BCUT2D eigenvalue weighted by molar-refractivity contribution is 5.66. The fourth-order valence-corrected chi connectivity index (χ4v) is 2.02. The second-order valence-electron chi connectivity index (χ2n) is 4.36. The topological polar surface area (TPSA) is 52.6 Å². The van der Waals surface area contributed by atoms with Gasteiger partial charge >= 0.3 is 5.97 Å². The van der Waals surface area contributed by atoms with Gasteiger partial charge < -0.3 is 15.3 Å². The van der Waals surface area contributed by atoms with Crippen LogP contribution in [0.2, 0.25) is 0 Å². The molecule has 1 fully saturated rings. The molecule has 88 valence electrons. The van der Waals surface area contributed by atoms with Gasteiger partial charge in [0.2, 0.25) is 0 Å². The Bertz CT molecular complexity index is 191. The Hall–Kier alpha value is -0.610. The highest BCUT2D eigenvalue weighted by atomic mass is 16.4. The number of carboxylic acid groups (broad SMARTS) is 1. The van der Waals surface area contributed by atoms with Crippen LogP contribution in [0.15, 0.2) is 0 Å². The van der Waals surface area contributed by atoms with Crippen molar-refractivity contribution in [1.82, 2.24) is 10.2 Å². The molecular formula is C11H22N2O2. The van der Waals surface area contributed by atoms with Gasteiger partial charge in [-0.25, -0.2) is 0 Å². The molecule has 1 heterocycles. The van der Waals surface area contributed by atoms with Gasteiger partial charge in [-0.1, -0.05) is 6.42 Å². The van der Waals surface area contributed by atoms with E-state index >= 15 is 0 Å². The smallest absolute Gasteiger partial charge is 0.304 e. The first-order chi connectivity index (χ1) is 7.18. The van der Waals surface area contributed by atoms with Crippen LogP contribution in [0.3, 0.4) is 0 Å². The van der Waals surface area contributed by atoms with Crippen LogP contribution in [-0.2, 0) is 4.79 Å². The third-order valence-corrected chi connectivity index (χ3v) is 2.81. The van der Waals surface area contributed by atoms with Gasteiger partial charge in [0.05, 0.1) is 6.42 Å². The first kappa shape index (κ1) is 12.5. The highest BCUT2D eigenvalue weighted by Crippen LogP contribution is 2.08. The number of hydrogen-bond donors (Lipinski definition) is 2. The normalized spacial score (nSPS) is 20.1. The molecule has 0 radical (unpaired) electrons. The molecule has 1 unspecified atom stereocenters. The van der Waals surface area contributed by atoms with Crippen LogP contribution < -0.4 is 5.32 Å². The van der Waals surface area contributed by atoms with Crippen LogP contribution in [0, 0.1) is 0 Å². The minimum Gasteiger partial charge on any atom is -0.481 e. The molecule has 4 nitrogen and oxygen atoms in total. The lowest BCUT2D eigenvalue weighted by atomic mass is 10.1. The van der Waals surface area contributed by atoms with Crippen LogP contribution in [0.25, 0.3) is 0 Å². The van der Waals surface area contributed by atoms with Crippen molar-refractivity contribution in [3.63, 3.8) is 0 Å². The molecule has 0 aromatic heterocycles. The van der Waals surface area contributed by atoms with E-state index in [0.29, 0.717) is 12.6 Å². The molecular weight excluding hydrogens is 192 g/mol. The molecule has 1 aliphatic rings. The predicted molar refractivity (Wildman–Crippen MR) is 60.0 cm³/mol. The number of nitrogens with one attached hydrogen (secondary N) is 1. The van der Waals surface area contributed by atoms with Gasteiger partial charge in [0.15, 0.2) is 0 Å². The summed E-state index contributed by atoms with van der Waals surface area (Å²) in [5.74, 6) is -0.729. The average Bonchev–Trinajstić information content (AvgIpc) is 2.18. The van der Waals surface area contributed by atoms with E-state index in [4.69, 9.17) is 5.11 Å². The lowest BCUT2D eigenvalue weighted by molar-refractivity contribution is -0.136. The SMILES string of the molecule is CC(CN1CCCCC1)NCCC(=O)O. The largest absolute Gasteiger partial charge is 0.481 e. The van der Waals surface area contributed by atoms with Gasteiger partial charge in [0.1, 0.15) is 0 Å². The summed E-state index contributed by atoms with van der Waals surface area (Å²) in [4.78, 5) is 12.8. The molecule has 1 saturated heterocycles. The van der Waals surface area contributed by atoms with Crippen LogP contribution in [0.4, 0.5) is 0 Å². The van der Waals surface area contributed by atoms with Crippen molar-refractivity contribution in [2.75, 3.05) is 26.2 Å². The van der Waals surface area contributed by atoms with Crippen LogP contribution in [0.5, 0.6) is 0 Å². The monoisotopic (exact) mass is 214 g/mol. The highest BCUT2D eigenvalue weighted by Gasteiger charge is 2.12. The molecule has 1 atom stereocenters. The number of nitrogens with zero attached hydrogens (tertiary/aromatic N) is 1. The third-order valence-electron chi connectivity index (χ3n) is 2.81. The molecule has 15 heavy (non-hydrogen) atoms. The van der Waals surface area contributed by atoms with Crippen molar-refractivity contribution in [2.45, 2.75) is 38.6 Å². The maximum atomic E-state index is 10.3. The fourth-order valence-electron chi connectivity index (χ4n) is 2.02. The lowest BCUT2D eigenvalue weighted by Gasteiger charge is -2.29. The van der Waals surface area contributed by atoms with E-state index in [2.05, 4.69) is 17.1 Å². The Morgan fingerprint density at radius 3 is 2.67 bits per heavy atom. The summed E-state index contributed by atoms with van der Waals surface area (Å²) in [6, 6.07) is 0.391. The van der Waals surface area contributed by atoms with Crippen molar-refractivity contribution < 1.29 is 9.90 Å². The Balaban J connectivity index is 2.06. The molecule has 0 amide bonds. The zero-order valence-electron chi connectivity index (χ0n) is 9.54. The van der Waals surface area contributed by atoms with Crippen LogP contribution in [-0.4, -0.2) is 48.2 Å². The van der Waals surface area contributed by atoms with E-state index in [1.54, 1.807) is 0 Å². The molecule has 0 spiro atoms. The summed E-state index contributed by atoms with van der Waals surface area (Å²) in [5, 5.41) is 11.7. The van der Waals surface area contributed by atoms with E-state index in [0.717, 1.165) is 6.54 Å². The van der Waals surface area contributed by atoms with Crippen molar-refractivity contribution in [2.24, 2.45) is 0 Å². The molecule has 0 aromatic carbocycles. The number of carboxylic acids is 1. The fraction of sp³-hybridized carbons (Fsp3) is 0.909. The van der Waals surface area contributed by atoms with Gasteiger partial charge in [-0.2, -0.15) is 0 Å². The number of piperidine rings is 1. The van der Waals surface area contributed by atoms with E-state index in [-0.39, 0.29) is 6.42 Å². The van der Waals surface area contributed by atoms with Gasteiger partial charge in [-0.3, -0.25) is 4.79 Å². The van der Waals surface area contributed by atoms with Crippen LogP contribution >= 0.6 is 0 Å². The standard InChI is InChI=1S/C11H22N2O2/c1-10(12-6-5-11(14)15)9-13-7-3-2-4-8-13/h10,12H,2-9H2,1H3,(H,14,15). The first-order valence-corrected chi connectivity index (χ1v) is 5.86. The molecule has 0 aliphatic carbocycles. The Morgan fingerprint density at radius 2 is 2.07 bits per heavy atom. The summed E-state index contributed by atoms with van der Waals surface area (Å²) in [6.45, 7) is 6.14. The van der Waals surface area contributed by atoms with E-state index in [1.807, 2.05) is 0 Å². The second-order valence-corrected chi connectivity index (χ2v) is 4.36. The van der Waals surface area contributed by atoms with E-state index < -0.39 is 5.97 Å². The summed E-state index contributed by atoms with van der Waals surface area (Å²) >= 11 is 0. The number of carbonyl (C=O) groups is 1. The summed E-state index contributed by atoms with van der Waals surface area (Å²) in [7, 11) is 0. The number of hydrogen-bond acceptors (Lipinski definition) is 3. The van der Waals surface area contributed by atoms with Crippen molar-refractivity contribution in [1.29, 1.82) is 0 Å². The maximum Gasteiger partial charge on any atom is 0.304 e. The predicted octanol–water partition coefficient (Wildman–Crippen LogP) is 0.925. The minimum absolute atomic E-state index is 0.213. The van der Waals surface area contributed by atoms with E-state index in [1.165, 1.54) is 32.4 Å². The maximum absolute atomic E-state index is 10.3. The van der Waals surface area contributed by atoms with Crippen molar-refractivity contribution in [3.8, 4) is 0 Å². The summed E-state index contributed by atoms with van der Waals surface area (Å²) in [6.07, 6.45) is 4.19. The third kappa shape index (κ3) is 5.74. The number of aliphatic carboxylic acids is 1. The molecule has 4 heteroatoms. The second kappa shape index (κ2) is 6.80. The van der Waals surface area contributed by atoms with Gasteiger partial charge in [0.25, 0.3) is 0 Å². The molecule has 1 rings (SSSR count). The minimum atomic E-state index is -0.729. The number of rotatable bonds is 6. The molecule has 0 saturated carbocycles. The molecule has 0 bridgehead atoms. The lowest BCUT2D eigenvalue weighted by Crippen LogP contribution is -2.42. The van der Waals surface area contributed by atoms with E-state index in [9.17, 15) is 4.79 Å². The van der Waals surface area contributed by atoms with Crippen LogP contribution in [0.1, 0.15) is 32.6 Å². The van der Waals surface area contributed by atoms with Gasteiger partial charge in [-0.05, 0) is 32.9 Å². The molecule has 2 N–H and O–H groups in total. The van der Waals surface area contributed by atoms with Gasteiger partial charge in [0, 0.05) is 19.1 Å². The Morgan fingerprint density at radius 1 is 1.40 bits per heavy atom. The zero-order valence-corrected chi connectivity index (χ0v) is 9.54. The average molecular weight is 214 g/mol. The molecule has 1 aliphatic heterocycles. The first-order valence-electron chi connectivity index (χ1n) is 5.86. The number of likely N-dealkylation sites (tertiary alicyclic amines) is 1. The van der Waals surface area contributed by atoms with Crippen molar-refractivity contribution >= 4 is 5.97 Å². The Kier molecular flexibility index (Phi) is 5.65. The summed E-state index contributed by atoms with van der Waals surface area (Å²) in [5.41, 5.74) is 0.